The van der Waals surface area contributed by atoms with Crippen LogP contribution in [0.2, 0.25) is 4.22 Å². The van der Waals surface area contributed by atoms with E-state index in [4.69, 9.17) is 22.3 Å². The van der Waals surface area contributed by atoms with Gasteiger partial charge in [-0.3, -0.25) is 0 Å². The van der Waals surface area contributed by atoms with Gasteiger partial charge in [0.05, 0.1) is 0 Å². The summed E-state index contributed by atoms with van der Waals surface area (Å²) in [5, 5.41) is 13.7. The second kappa shape index (κ2) is 4.82. The quantitative estimate of drug-likeness (QED) is 0.282. The molecule has 0 heterocycles. The fourth-order valence-corrected chi connectivity index (χ4v) is 4.22. The van der Waals surface area contributed by atoms with E-state index in [1.165, 1.54) is 0 Å². The molecule has 6 N–H and O–H groups in total. The Morgan fingerprint density at radius 2 is 1.44 bits per heavy atom. The van der Waals surface area contributed by atoms with Crippen molar-refractivity contribution in [2.75, 3.05) is 0 Å². The zero-order valence-corrected chi connectivity index (χ0v) is 8.10. The second-order valence-corrected chi connectivity index (χ2v) is 7.26. The van der Waals surface area contributed by atoms with Gasteiger partial charge in [-0.1, -0.05) is 0 Å². The second-order valence-electron chi connectivity index (χ2n) is 1.14. The minimum absolute atomic E-state index is 0.0751. The Kier molecular flexibility index (Phi) is 4.81. The third kappa shape index (κ3) is 7.98. The molecule has 6 heteroatoms. The van der Waals surface area contributed by atoms with Crippen molar-refractivity contribution in [1.82, 2.24) is 0 Å². The summed E-state index contributed by atoms with van der Waals surface area (Å²) >= 11 is 0.150. The molecule has 0 aromatic rings. The van der Waals surface area contributed by atoms with E-state index in [-0.39, 0.29) is 39.4 Å². The topological polar surface area (TPSA) is 99.7 Å². The van der Waals surface area contributed by atoms with Crippen LogP contribution in [0.5, 0.6) is 0 Å². The summed E-state index contributed by atoms with van der Waals surface area (Å²) in [6.45, 7) is 0. The molecule has 0 rings (SSSR count). The molecule has 0 saturated heterocycles. The Labute approximate surface area is 66.1 Å². The van der Waals surface area contributed by atoms with Crippen molar-refractivity contribution in [3.05, 3.63) is 0 Å². The number of hydrogen-bond donors (Lipinski definition) is 4. The first-order chi connectivity index (χ1) is 4.13. The molecule has 0 atom stereocenters. The summed E-state index contributed by atoms with van der Waals surface area (Å²) in [6, 6.07) is 0. The van der Waals surface area contributed by atoms with E-state index < -0.39 is 0 Å². The summed E-state index contributed by atoms with van der Waals surface area (Å²) in [5.74, 6) is 0. The fourth-order valence-electron chi connectivity index (χ4n) is 0.156. The minimum atomic E-state index is 0.0751. The molecule has 52 valence electrons. The molecule has 4 nitrogen and oxygen atoms in total. The van der Waals surface area contributed by atoms with Crippen LogP contribution in [0.1, 0.15) is 0 Å². The van der Waals surface area contributed by atoms with Gasteiger partial charge in [-0.15, -0.1) is 0 Å². The summed E-state index contributed by atoms with van der Waals surface area (Å²) in [7, 11) is 0. The van der Waals surface area contributed by atoms with Crippen LogP contribution in [0.3, 0.4) is 0 Å². The van der Waals surface area contributed by atoms with Crippen LogP contribution in [-0.4, -0.2) is 39.4 Å². The van der Waals surface area contributed by atoms with Crippen molar-refractivity contribution in [3.8, 4) is 0 Å². The molecule has 0 radical (unpaired) electrons. The SMILES string of the molecule is N=C(N)[Se]C[Se]C(=N)N. The first-order valence-electron chi connectivity index (χ1n) is 2.06. The maximum absolute atomic E-state index is 6.84. The van der Waals surface area contributed by atoms with E-state index in [1.54, 1.807) is 0 Å². The van der Waals surface area contributed by atoms with Gasteiger partial charge < -0.3 is 0 Å². The molecular weight excluding hydrogens is 250 g/mol. The molecule has 0 aromatic carbocycles. The Morgan fingerprint density at radius 3 is 1.67 bits per heavy atom. The molecular formula is C3H8N4Se2. The van der Waals surface area contributed by atoms with Crippen molar-refractivity contribution in [1.29, 1.82) is 10.8 Å². The van der Waals surface area contributed by atoms with Gasteiger partial charge in [-0.2, -0.15) is 0 Å². The van der Waals surface area contributed by atoms with Crippen molar-refractivity contribution in [2.45, 2.75) is 4.22 Å². The first-order valence-corrected chi connectivity index (χ1v) is 6.20. The standard InChI is InChI=1S/C3H8N4Se2/c4-2(5)8-1-9-3(6)7/h1H2,(H3,4,5)(H3,6,7). The molecule has 0 fully saturated rings. The average molecular weight is 258 g/mol. The summed E-state index contributed by atoms with van der Waals surface area (Å²) in [4.78, 5) is 0. The van der Waals surface area contributed by atoms with Crippen LogP contribution in [0, 0.1) is 10.8 Å². The Balaban J connectivity index is 3.10. The summed E-state index contributed by atoms with van der Waals surface area (Å²) < 4.78 is 1.32. The van der Waals surface area contributed by atoms with Crippen LogP contribution >= 0.6 is 0 Å². The molecule has 0 amide bonds. The monoisotopic (exact) mass is 260 g/mol. The zero-order chi connectivity index (χ0) is 7.28. The van der Waals surface area contributed by atoms with Gasteiger partial charge >= 0.3 is 65.9 Å². The number of amidine groups is 2. The van der Waals surface area contributed by atoms with Crippen LogP contribution < -0.4 is 11.5 Å². The Hall–Kier alpha value is -0.0210. The number of hydrogen-bond acceptors (Lipinski definition) is 2. The van der Waals surface area contributed by atoms with Crippen LogP contribution in [0.25, 0.3) is 0 Å². The average Bonchev–Trinajstić information content (AvgIpc) is 1.63. The van der Waals surface area contributed by atoms with Crippen molar-refractivity contribution in [2.24, 2.45) is 11.5 Å². The van der Waals surface area contributed by atoms with Gasteiger partial charge in [-0.05, 0) is 0 Å². The van der Waals surface area contributed by atoms with Gasteiger partial charge in [0.1, 0.15) is 0 Å². The van der Waals surface area contributed by atoms with Gasteiger partial charge in [0.15, 0.2) is 0 Å². The molecule has 0 spiro atoms. The zero-order valence-electron chi connectivity index (χ0n) is 4.68. The van der Waals surface area contributed by atoms with E-state index >= 15 is 0 Å². The van der Waals surface area contributed by atoms with Crippen LogP contribution in [0.4, 0.5) is 0 Å². The number of nitrogens with two attached hydrogens (primary N) is 2. The van der Waals surface area contributed by atoms with Crippen molar-refractivity contribution < 1.29 is 0 Å². The number of nitrogens with one attached hydrogen (secondary N) is 2. The maximum atomic E-state index is 6.84. The molecule has 0 bridgehead atoms. The fraction of sp³-hybridized carbons (Fsp3) is 0.333. The Morgan fingerprint density at radius 1 is 1.11 bits per heavy atom. The van der Waals surface area contributed by atoms with Crippen LogP contribution in [-0.2, 0) is 0 Å². The molecule has 0 unspecified atom stereocenters. The molecule has 0 aliphatic carbocycles. The summed E-state index contributed by atoms with van der Waals surface area (Å²) in [6.07, 6.45) is 0. The van der Waals surface area contributed by atoms with Crippen LogP contribution in [0.15, 0.2) is 0 Å². The third-order valence-electron chi connectivity index (χ3n) is 0.429. The summed E-state index contributed by atoms with van der Waals surface area (Å²) in [5.41, 5.74) is 10.2. The molecule has 0 aromatic heterocycles. The van der Waals surface area contributed by atoms with E-state index in [9.17, 15) is 0 Å². The van der Waals surface area contributed by atoms with E-state index in [0.717, 1.165) is 4.22 Å². The predicted molar refractivity (Wildman–Crippen MR) is 40.1 cm³/mol. The normalized spacial score (nSPS) is 8.89. The van der Waals surface area contributed by atoms with Gasteiger partial charge in [0, 0.05) is 0 Å². The number of rotatable bonds is 4. The van der Waals surface area contributed by atoms with Gasteiger partial charge in [0.2, 0.25) is 0 Å². The Bertz CT molecular complexity index is 109. The first kappa shape index (κ1) is 8.98. The van der Waals surface area contributed by atoms with E-state index in [0.29, 0.717) is 0 Å². The van der Waals surface area contributed by atoms with Gasteiger partial charge in [0.25, 0.3) is 0 Å². The predicted octanol–water partition coefficient (Wildman–Crippen LogP) is -1.44. The molecule has 0 aliphatic heterocycles. The molecule has 9 heavy (non-hydrogen) atoms. The molecule has 0 saturated carbocycles. The third-order valence-corrected chi connectivity index (χ3v) is 4.80. The van der Waals surface area contributed by atoms with Crippen molar-refractivity contribution in [3.63, 3.8) is 0 Å². The van der Waals surface area contributed by atoms with Gasteiger partial charge in [-0.25, -0.2) is 0 Å². The van der Waals surface area contributed by atoms with E-state index in [2.05, 4.69) is 0 Å². The van der Waals surface area contributed by atoms with E-state index in [1.807, 2.05) is 0 Å². The molecule has 0 aliphatic rings. The van der Waals surface area contributed by atoms with Crippen molar-refractivity contribution >= 4 is 39.4 Å².